The second-order valence-corrected chi connectivity index (χ2v) is 10.7. The van der Waals surface area contributed by atoms with Crippen LogP contribution in [0.5, 0.6) is 0 Å². The van der Waals surface area contributed by atoms with Crippen molar-refractivity contribution in [3.8, 4) is 0 Å². The van der Waals surface area contributed by atoms with Crippen LogP contribution in [0.3, 0.4) is 0 Å². The maximum atomic E-state index is 10.2. The van der Waals surface area contributed by atoms with Gasteiger partial charge < -0.3 is 9.67 Å². The highest BCUT2D eigenvalue weighted by molar-refractivity contribution is 5.84. The van der Waals surface area contributed by atoms with Gasteiger partial charge in [0.25, 0.3) is 0 Å². The molecule has 4 aliphatic rings. The van der Waals surface area contributed by atoms with Gasteiger partial charge in [-0.05, 0) is 85.6 Å². The molecule has 1 aromatic carbocycles. The van der Waals surface area contributed by atoms with E-state index in [1.807, 2.05) is 0 Å². The third-order valence-electron chi connectivity index (χ3n) is 9.49. The molecule has 29 heavy (non-hydrogen) atoms. The van der Waals surface area contributed by atoms with Gasteiger partial charge in [-0.15, -0.1) is 0 Å². The van der Waals surface area contributed by atoms with Crippen LogP contribution < -0.4 is 0 Å². The Morgan fingerprint density at radius 3 is 2.69 bits per heavy atom. The Morgan fingerprint density at radius 1 is 0.966 bits per heavy atom. The first-order valence-electron chi connectivity index (χ1n) is 11.7. The lowest BCUT2D eigenvalue weighted by molar-refractivity contribution is -0.0293. The molecule has 0 saturated heterocycles. The molecule has 2 heteroatoms. The van der Waals surface area contributed by atoms with E-state index in [2.05, 4.69) is 67.1 Å². The summed E-state index contributed by atoms with van der Waals surface area (Å²) in [6.45, 7) is 5.08. The van der Waals surface area contributed by atoms with Crippen LogP contribution in [0.1, 0.15) is 58.8 Å². The SMILES string of the molecule is C[C@]12CC[C@@H](O)C=C1CCC1C2CC[C@]2(C)C(n3ccc4ccccc43)=CCC12. The molecule has 152 valence electrons. The van der Waals surface area contributed by atoms with Crippen LogP contribution in [0, 0.1) is 28.6 Å². The summed E-state index contributed by atoms with van der Waals surface area (Å²) in [4.78, 5) is 0. The minimum atomic E-state index is -0.203. The van der Waals surface area contributed by atoms with Crippen molar-refractivity contribution in [2.24, 2.45) is 28.6 Å². The van der Waals surface area contributed by atoms with Crippen molar-refractivity contribution in [1.29, 1.82) is 0 Å². The molecule has 2 saturated carbocycles. The molecule has 2 fully saturated rings. The summed E-state index contributed by atoms with van der Waals surface area (Å²) < 4.78 is 2.49. The quantitative estimate of drug-likeness (QED) is 0.562. The van der Waals surface area contributed by atoms with Gasteiger partial charge in [-0.25, -0.2) is 0 Å². The van der Waals surface area contributed by atoms with E-state index in [4.69, 9.17) is 0 Å². The van der Waals surface area contributed by atoms with Crippen LogP contribution in [0.15, 0.2) is 54.3 Å². The minimum absolute atomic E-state index is 0.203. The smallest absolute Gasteiger partial charge is 0.0724 e. The number of benzene rings is 1. The molecule has 1 aromatic heterocycles. The number of para-hydroxylation sites is 1. The Morgan fingerprint density at radius 2 is 1.79 bits per heavy atom. The number of aromatic nitrogens is 1. The number of nitrogens with zero attached hydrogens (tertiary/aromatic N) is 1. The Bertz CT molecular complexity index is 1030. The fourth-order valence-corrected chi connectivity index (χ4v) is 7.92. The predicted molar refractivity (Wildman–Crippen MR) is 119 cm³/mol. The Hall–Kier alpha value is -1.80. The molecule has 6 atom stereocenters. The number of fused-ring (bicyclic) bond motifs is 6. The molecule has 0 radical (unpaired) electrons. The number of allylic oxidation sites excluding steroid dienone is 3. The van der Waals surface area contributed by atoms with Crippen molar-refractivity contribution in [1.82, 2.24) is 4.57 Å². The number of aliphatic hydroxyl groups excluding tert-OH is 1. The van der Waals surface area contributed by atoms with E-state index in [1.165, 1.54) is 49.4 Å². The van der Waals surface area contributed by atoms with E-state index in [0.29, 0.717) is 5.41 Å². The first-order chi connectivity index (χ1) is 14.0. The normalized spacial score (nSPS) is 41.3. The Kier molecular flexibility index (Phi) is 3.79. The van der Waals surface area contributed by atoms with Crippen LogP contribution in [0.25, 0.3) is 16.6 Å². The minimum Gasteiger partial charge on any atom is -0.389 e. The van der Waals surface area contributed by atoms with Crippen LogP contribution in [-0.2, 0) is 0 Å². The molecular formula is C27H33NO. The third kappa shape index (κ3) is 2.39. The Labute approximate surface area is 174 Å². The monoisotopic (exact) mass is 387 g/mol. The first kappa shape index (κ1) is 18.0. The van der Waals surface area contributed by atoms with Crippen LogP contribution >= 0.6 is 0 Å². The van der Waals surface area contributed by atoms with Gasteiger partial charge in [0.05, 0.1) is 11.6 Å². The van der Waals surface area contributed by atoms with Gasteiger partial charge in [0.2, 0.25) is 0 Å². The molecule has 4 aliphatic carbocycles. The summed E-state index contributed by atoms with van der Waals surface area (Å²) in [5.41, 5.74) is 5.09. The maximum absolute atomic E-state index is 10.2. The fourth-order valence-electron chi connectivity index (χ4n) is 7.92. The second-order valence-electron chi connectivity index (χ2n) is 10.7. The van der Waals surface area contributed by atoms with E-state index in [-0.39, 0.29) is 11.5 Å². The Balaban J connectivity index is 1.36. The standard InChI is InChI=1S/C27H33NO/c1-26-14-11-20(29)17-19(26)7-8-21-22-9-10-25(27(22,2)15-12-23(21)26)28-16-13-18-5-3-4-6-24(18)28/h3-6,10,13,16-17,20-23,29H,7-9,11-12,14-15H2,1-2H3/t20-,21?,22?,23?,26+,27+/m1/s1. The van der Waals surface area contributed by atoms with Gasteiger partial charge >= 0.3 is 0 Å². The summed E-state index contributed by atoms with van der Waals surface area (Å²) >= 11 is 0. The lowest BCUT2D eigenvalue weighted by atomic mass is 9.47. The first-order valence-corrected chi connectivity index (χ1v) is 11.7. The van der Waals surface area contributed by atoms with Crippen molar-refractivity contribution in [3.63, 3.8) is 0 Å². The van der Waals surface area contributed by atoms with Gasteiger partial charge in [-0.1, -0.05) is 49.8 Å². The molecule has 0 amide bonds. The molecule has 1 heterocycles. The number of hydrogen-bond acceptors (Lipinski definition) is 1. The van der Waals surface area contributed by atoms with Crippen molar-refractivity contribution in [2.75, 3.05) is 0 Å². The molecule has 6 rings (SSSR count). The third-order valence-corrected chi connectivity index (χ3v) is 9.49. The zero-order chi connectivity index (χ0) is 19.8. The molecule has 2 aromatic rings. The molecule has 0 bridgehead atoms. The highest BCUT2D eigenvalue weighted by Gasteiger charge is 2.57. The average molecular weight is 388 g/mol. The summed E-state index contributed by atoms with van der Waals surface area (Å²) in [6, 6.07) is 11.1. The van der Waals surface area contributed by atoms with Crippen LogP contribution in [0.2, 0.25) is 0 Å². The summed E-state index contributed by atoms with van der Waals surface area (Å²) in [5.74, 6) is 2.38. The van der Waals surface area contributed by atoms with E-state index in [1.54, 1.807) is 11.3 Å². The molecule has 0 aliphatic heterocycles. The van der Waals surface area contributed by atoms with E-state index < -0.39 is 0 Å². The van der Waals surface area contributed by atoms with Crippen molar-refractivity contribution < 1.29 is 5.11 Å². The molecule has 1 N–H and O–H groups in total. The van der Waals surface area contributed by atoms with Crippen LogP contribution in [-0.4, -0.2) is 15.8 Å². The largest absolute Gasteiger partial charge is 0.389 e. The fraction of sp³-hybridized carbons (Fsp3) is 0.556. The summed E-state index contributed by atoms with van der Waals surface area (Å²) in [7, 11) is 0. The molecular weight excluding hydrogens is 354 g/mol. The van der Waals surface area contributed by atoms with Gasteiger partial charge in [0, 0.05) is 17.3 Å². The lowest BCUT2D eigenvalue weighted by Gasteiger charge is -2.58. The lowest BCUT2D eigenvalue weighted by Crippen LogP contribution is -2.50. The topological polar surface area (TPSA) is 25.2 Å². The maximum Gasteiger partial charge on any atom is 0.0724 e. The van der Waals surface area contributed by atoms with Crippen molar-refractivity contribution >= 4 is 16.6 Å². The molecule has 0 spiro atoms. The van der Waals surface area contributed by atoms with E-state index >= 15 is 0 Å². The highest BCUT2D eigenvalue weighted by atomic mass is 16.3. The summed E-state index contributed by atoms with van der Waals surface area (Å²) in [6.07, 6.45) is 15.4. The highest BCUT2D eigenvalue weighted by Crippen LogP contribution is 2.66. The number of hydrogen-bond donors (Lipinski definition) is 1. The number of rotatable bonds is 1. The van der Waals surface area contributed by atoms with Gasteiger partial charge in [-0.3, -0.25) is 0 Å². The van der Waals surface area contributed by atoms with Crippen molar-refractivity contribution in [3.05, 3.63) is 54.3 Å². The average Bonchev–Trinajstić information content (AvgIpc) is 3.29. The molecule has 2 nitrogen and oxygen atoms in total. The van der Waals surface area contributed by atoms with Gasteiger partial charge in [0.1, 0.15) is 0 Å². The van der Waals surface area contributed by atoms with E-state index in [0.717, 1.165) is 24.2 Å². The zero-order valence-corrected chi connectivity index (χ0v) is 17.8. The zero-order valence-electron chi connectivity index (χ0n) is 17.8. The number of aliphatic hydroxyl groups is 1. The van der Waals surface area contributed by atoms with E-state index in [9.17, 15) is 5.11 Å². The van der Waals surface area contributed by atoms with Gasteiger partial charge in [0.15, 0.2) is 0 Å². The predicted octanol–water partition coefficient (Wildman–Crippen LogP) is 6.42. The van der Waals surface area contributed by atoms with Crippen LogP contribution in [0.4, 0.5) is 0 Å². The summed E-state index contributed by atoms with van der Waals surface area (Å²) in [5, 5.41) is 11.5. The van der Waals surface area contributed by atoms with Gasteiger partial charge in [-0.2, -0.15) is 0 Å². The second kappa shape index (κ2) is 6.11. The van der Waals surface area contributed by atoms with Crippen molar-refractivity contribution in [2.45, 2.75) is 64.9 Å². The molecule has 3 unspecified atom stereocenters.